The van der Waals surface area contributed by atoms with Gasteiger partial charge in [-0.25, -0.2) is 13.4 Å². The van der Waals surface area contributed by atoms with Gasteiger partial charge in [0.25, 0.3) is 0 Å². The van der Waals surface area contributed by atoms with Crippen LogP contribution in [0.15, 0.2) is 17.2 Å². The number of sulfone groups is 1. The molecule has 0 amide bonds. The van der Waals surface area contributed by atoms with Crippen molar-refractivity contribution >= 4 is 39.9 Å². The second-order valence-electron chi connectivity index (χ2n) is 4.33. The molecule has 0 aliphatic carbocycles. The largest absolute Gasteiger partial charge is 0.355 e. The summed E-state index contributed by atoms with van der Waals surface area (Å²) in [6, 6.07) is 1.72. The molecule has 2 rings (SSSR count). The first-order valence-corrected chi connectivity index (χ1v) is 8.01. The number of halogens is 1. The normalized spacial score (nSPS) is 17.0. The van der Waals surface area contributed by atoms with Gasteiger partial charge in [0.2, 0.25) is 0 Å². The minimum absolute atomic E-state index is 0.173. The molecule has 7 heteroatoms. The monoisotopic (exact) mass is 292 g/mol. The van der Waals surface area contributed by atoms with Crippen LogP contribution in [-0.4, -0.2) is 38.5 Å². The molecule has 0 aromatic carbocycles. The Balaban J connectivity index is 2.02. The first kappa shape index (κ1) is 13.0. The molecule has 94 valence electrons. The van der Waals surface area contributed by atoms with Gasteiger partial charge in [-0.15, -0.1) is 12.6 Å². The van der Waals surface area contributed by atoms with Crippen molar-refractivity contribution < 1.29 is 8.42 Å². The number of aromatic nitrogens is 1. The van der Waals surface area contributed by atoms with E-state index < -0.39 is 9.84 Å². The molecule has 1 aromatic rings. The van der Waals surface area contributed by atoms with Crippen LogP contribution in [0.1, 0.15) is 0 Å². The standard InChI is InChI=1S/C10H13ClN2O2S2/c1-17(14,15)6-7-4-13(5-7)10-9(11)8(16)2-3-12-10/h2-3,7H,4-6H2,1H3,(H,12,16). The van der Waals surface area contributed by atoms with Gasteiger partial charge < -0.3 is 4.90 Å². The van der Waals surface area contributed by atoms with Crippen LogP contribution in [0.4, 0.5) is 5.82 Å². The summed E-state index contributed by atoms with van der Waals surface area (Å²) in [5.74, 6) is 1.08. The molecule has 1 saturated heterocycles. The molecule has 0 unspecified atom stereocenters. The average Bonchev–Trinajstić information content (AvgIpc) is 2.15. The minimum atomic E-state index is -2.90. The average molecular weight is 293 g/mol. The maximum Gasteiger partial charge on any atom is 0.148 e. The van der Waals surface area contributed by atoms with Crippen molar-refractivity contribution in [2.24, 2.45) is 5.92 Å². The van der Waals surface area contributed by atoms with Gasteiger partial charge in [-0.05, 0) is 6.07 Å². The number of anilines is 1. The topological polar surface area (TPSA) is 50.3 Å². The number of rotatable bonds is 3. The van der Waals surface area contributed by atoms with Crippen molar-refractivity contribution in [2.45, 2.75) is 4.90 Å². The van der Waals surface area contributed by atoms with Crippen LogP contribution < -0.4 is 4.90 Å². The molecule has 4 nitrogen and oxygen atoms in total. The van der Waals surface area contributed by atoms with E-state index in [0.29, 0.717) is 28.8 Å². The van der Waals surface area contributed by atoms with E-state index in [9.17, 15) is 8.42 Å². The van der Waals surface area contributed by atoms with Crippen LogP contribution in [0.25, 0.3) is 0 Å². The molecule has 1 aromatic heterocycles. The van der Waals surface area contributed by atoms with E-state index in [1.165, 1.54) is 6.26 Å². The zero-order chi connectivity index (χ0) is 12.6. The van der Waals surface area contributed by atoms with Gasteiger partial charge in [0, 0.05) is 36.4 Å². The highest BCUT2D eigenvalue weighted by Crippen LogP contribution is 2.33. The Morgan fingerprint density at radius 1 is 1.59 bits per heavy atom. The molecule has 0 atom stereocenters. The van der Waals surface area contributed by atoms with Crippen molar-refractivity contribution in [1.29, 1.82) is 0 Å². The molecule has 0 bridgehead atoms. The first-order chi connectivity index (χ1) is 7.87. The Morgan fingerprint density at radius 3 is 2.82 bits per heavy atom. The quantitative estimate of drug-likeness (QED) is 0.858. The van der Waals surface area contributed by atoms with Crippen LogP contribution in [0.5, 0.6) is 0 Å². The first-order valence-electron chi connectivity index (χ1n) is 5.13. The molecular weight excluding hydrogens is 280 g/mol. The van der Waals surface area contributed by atoms with Gasteiger partial charge >= 0.3 is 0 Å². The minimum Gasteiger partial charge on any atom is -0.355 e. The number of hydrogen-bond donors (Lipinski definition) is 1. The van der Waals surface area contributed by atoms with Gasteiger partial charge in [-0.3, -0.25) is 0 Å². The number of pyridine rings is 1. The molecule has 1 fully saturated rings. The Kier molecular flexibility index (Phi) is 3.56. The molecule has 17 heavy (non-hydrogen) atoms. The lowest BCUT2D eigenvalue weighted by Gasteiger charge is -2.40. The van der Waals surface area contributed by atoms with Crippen LogP contribution in [0.2, 0.25) is 5.02 Å². The van der Waals surface area contributed by atoms with Crippen LogP contribution in [0.3, 0.4) is 0 Å². The molecule has 0 saturated carbocycles. The third kappa shape index (κ3) is 3.05. The summed E-state index contributed by atoms with van der Waals surface area (Å²) in [6.45, 7) is 1.36. The van der Waals surface area contributed by atoms with E-state index in [0.717, 1.165) is 0 Å². The van der Waals surface area contributed by atoms with Gasteiger partial charge in [-0.2, -0.15) is 0 Å². The zero-order valence-electron chi connectivity index (χ0n) is 9.30. The maximum absolute atomic E-state index is 11.1. The van der Waals surface area contributed by atoms with E-state index in [-0.39, 0.29) is 11.7 Å². The molecule has 2 heterocycles. The lowest BCUT2D eigenvalue weighted by atomic mass is 10.0. The molecule has 1 aliphatic rings. The summed E-state index contributed by atoms with van der Waals surface area (Å²) in [4.78, 5) is 6.84. The van der Waals surface area contributed by atoms with Gasteiger partial charge in [0.15, 0.2) is 0 Å². The number of hydrogen-bond acceptors (Lipinski definition) is 5. The molecular formula is C10H13ClN2O2S2. The predicted octanol–water partition coefficient (Wildman–Crippen LogP) is 1.50. The van der Waals surface area contributed by atoms with E-state index in [1.807, 2.05) is 4.90 Å². The lowest BCUT2D eigenvalue weighted by molar-refractivity contribution is 0.441. The van der Waals surface area contributed by atoms with Crippen molar-refractivity contribution in [3.63, 3.8) is 0 Å². The summed E-state index contributed by atoms with van der Waals surface area (Å²) >= 11 is 10.3. The predicted molar refractivity (Wildman–Crippen MR) is 71.9 cm³/mol. The van der Waals surface area contributed by atoms with E-state index in [4.69, 9.17) is 11.6 Å². The summed E-state index contributed by atoms with van der Waals surface area (Å²) < 4.78 is 22.3. The third-order valence-electron chi connectivity index (χ3n) is 2.65. The summed E-state index contributed by atoms with van der Waals surface area (Å²) in [7, 11) is -2.90. The van der Waals surface area contributed by atoms with Crippen molar-refractivity contribution in [3.8, 4) is 0 Å². The van der Waals surface area contributed by atoms with Crippen LogP contribution >= 0.6 is 24.2 Å². The second-order valence-corrected chi connectivity index (χ2v) is 7.38. The number of thiol groups is 1. The lowest BCUT2D eigenvalue weighted by Crippen LogP contribution is -2.50. The summed E-state index contributed by atoms with van der Waals surface area (Å²) in [6.07, 6.45) is 2.91. The Labute approximate surface area is 111 Å². The molecule has 0 radical (unpaired) electrons. The highest BCUT2D eigenvalue weighted by molar-refractivity contribution is 7.90. The third-order valence-corrected chi connectivity index (χ3v) is 4.60. The number of nitrogens with zero attached hydrogens (tertiary/aromatic N) is 2. The van der Waals surface area contributed by atoms with Crippen LogP contribution in [0, 0.1) is 5.92 Å². The molecule has 1 aliphatic heterocycles. The fourth-order valence-electron chi connectivity index (χ4n) is 1.92. The Bertz CT molecular complexity index is 527. The Hall–Kier alpha value is -0.460. The van der Waals surface area contributed by atoms with Crippen LogP contribution in [-0.2, 0) is 9.84 Å². The second kappa shape index (κ2) is 4.66. The summed E-state index contributed by atoms with van der Waals surface area (Å²) in [5, 5.41) is 0.522. The molecule has 0 spiro atoms. The summed E-state index contributed by atoms with van der Waals surface area (Å²) in [5.41, 5.74) is 0. The fraction of sp³-hybridized carbons (Fsp3) is 0.500. The van der Waals surface area contributed by atoms with Gasteiger partial charge in [-0.1, -0.05) is 11.6 Å². The highest BCUT2D eigenvalue weighted by Gasteiger charge is 2.31. The Morgan fingerprint density at radius 2 is 2.24 bits per heavy atom. The molecule has 0 N–H and O–H groups in total. The maximum atomic E-state index is 11.1. The van der Waals surface area contributed by atoms with Crippen molar-refractivity contribution in [2.75, 3.05) is 30.0 Å². The smallest absolute Gasteiger partial charge is 0.148 e. The van der Waals surface area contributed by atoms with E-state index >= 15 is 0 Å². The van der Waals surface area contributed by atoms with E-state index in [2.05, 4.69) is 17.6 Å². The highest BCUT2D eigenvalue weighted by atomic mass is 35.5. The fourth-order valence-corrected chi connectivity index (χ4v) is 3.38. The van der Waals surface area contributed by atoms with Gasteiger partial charge in [0.05, 0.1) is 10.8 Å². The van der Waals surface area contributed by atoms with Crippen molar-refractivity contribution in [3.05, 3.63) is 17.3 Å². The zero-order valence-corrected chi connectivity index (χ0v) is 11.8. The van der Waals surface area contributed by atoms with Crippen molar-refractivity contribution in [1.82, 2.24) is 4.98 Å². The SMILES string of the molecule is CS(=O)(=O)CC1CN(c2nccc(S)c2Cl)C1. The van der Waals surface area contributed by atoms with Gasteiger partial charge in [0.1, 0.15) is 15.7 Å². The van der Waals surface area contributed by atoms with E-state index in [1.54, 1.807) is 12.3 Å².